The number of carbonyl (C=O) groups is 2. The van der Waals surface area contributed by atoms with Gasteiger partial charge in [-0.05, 0) is 69.6 Å². The summed E-state index contributed by atoms with van der Waals surface area (Å²) in [7, 11) is 0. The van der Waals surface area contributed by atoms with Gasteiger partial charge in [0.2, 0.25) is 0 Å². The second-order valence-electron chi connectivity index (χ2n) is 8.83. The molecule has 7 heteroatoms. The Bertz CT molecular complexity index is 729. The van der Waals surface area contributed by atoms with Crippen LogP contribution in [0.15, 0.2) is 28.7 Å². The topological polar surface area (TPSA) is 76.1 Å². The molecule has 154 valence electrons. The van der Waals surface area contributed by atoms with E-state index in [1.165, 1.54) is 0 Å². The molecular weight excluding hydrogens is 426 g/mol. The van der Waals surface area contributed by atoms with Crippen LogP contribution in [-0.4, -0.2) is 47.4 Å². The summed E-state index contributed by atoms with van der Waals surface area (Å²) in [5.41, 5.74) is -0.160. The molecule has 3 atom stereocenters. The van der Waals surface area contributed by atoms with Crippen LogP contribution in [0.5, 0.6) is 0 Å². The number of carboxylic acid groups (broad SMARTS) is 1. The third-order valence-electron chi connectivity index (χ3n) is 5.58. The van der Waals surface area contributed by atoms with Crippen LogP contribution < -0.4 is 0 Å². The van der Waals surface area contributed by atoms with E-state index < -0.39 is 17.2 Å². The van der Waals surface area contributed by atoms with Crippen molar-refractivity contribution in [3.63, 3.8) is 0 Å². The Balaban J connectivity index is 1.77. The van der Waals surface area contributed by atoms with E-state index in [2.05, 4.69) is 15.9 Å². The Morgan fingerprint density at radius 3 is 2.46 bits per heavy atom. The number of hydrogen-bond donors (Lipinski definition) is 1. The van der Waals surface area contributed by atoms with Crippen molar-refractivity contribution in [3.05, 3.63) is 34.3 Å². The summed E-state index contributed by atoms with van der Waals surface area (Å²) >= 11 is 3.45. The maximum atomic E-state index is 12.5. The van der Waals surface area contributed by atoms with Crippen molar-refractivity contribution in [2.45, 2.75) is 51.2 Å². The van der Waals surface area contributed by atoms with E-state index in [-0.39, 0.29) is 18.6 Å². The highest BCUT2D eigenvalue weighted by Crippen LogP contribution is 2.48. The van der Waals surface area contributed by atoms with Crippen LogP contribution in [-0.2, 0) is 19.9 Å². The molecule has 2 fully saturated rings. The SMILES string of the molecule is CC(C)(C)OC(=O)N1CC2CCC(OCC(=O)O)(c3ccc(Br)cc3)CC2C1. The summed E-state index contributed by atoms with van der Waals surface area (Å²) in [6.07, 6.45) is 2.05. The van der Waals surface area contributed by atoms with Crippen LogP contribution >= 0.6 is 15.9 Å². The van der Waals surface area contributed by atoms with Crippen LogP contribution in [0.3, 0.4) is 0 Å². The lowest BCUT2D eigenvalue weighted by Gasteiger charge is -2.42. The molecule has 3 rings (SSSR count). The fourth-order valence-electron chi connectivity index (χ4n) is 4.35. The second kappa shape index (κ2) is 8.03. The van der Waals surface area contributed by atoms with Gasteiger partial charge >= 0.3 is 12.1 Å². The van der Waals surface area contributed by atoms with Crippen molar-refractivity contribution in [2.24, 2.45) is 11.8 Å². The molecule has 2 aliphatic rings. The minimum absolute atomic E-state index is 0.263. The van der Waals surface area contributed by atoms with Gasteiger partial charge in [0.1, 0.15) is 12.2 Å². The lowest BCUT2D eigenvalue weighted by Crippen LogP contribution is -2.40. The van der Waals surface area contributed by atoms with E-state index in [0.29, 0.717) is 25.4 Å². The van der Waals surface area contributed by atoms with E-state index in [1.54, 1.807) is 4.90 Å². The quantitative estimate of drug-likeness (QED) is 0.730. The second-order valence-corrected chi connectivity index (χ2v) is 9.75. The van der Waals surface area contributed by atoms with Crippen molar-refractivity contribution in [3.8, 4) is 0 Å². The van der Waals surface area contributed by atoms with Crippen LogP contribution in [0.2, 0.25) is 0 Å². The number of halogens is 1. The van der Waals surface area contributed by atoms with Crippen molar-refractivity contribution < 1.29 is 24.2 Å². The van der Waals surface area contributed by atoms with Gasteiger partial charge < -0.3 is 19.5 Å². The summed E-state index contributed by atoms with van der Waals surface area (Å²) in [6, 6.07) is 7.89. The molecule has 1 aliphatic carbocycles. The number of carboxylic acids is 1. The van der Waals surface area contributed by atoms with Crippen LogP contribution in [0, 0.1) is 11.8 Å². The first kappa shape index (κ1) is 21.1. The maximum Gasteiger partial charge on any atom is 0.410 e. The molecule has 1 aromatic carbocycles. The third kappa shape index (κ3) is 4.87. The molecule has 0 aromatic heterocycles. The number of benzene rings is 1. The van der Waals surface area contributed by atoms with Gasteiger partial charge in [-0.3, -0.25) is 0 Å². The van der Waals surface area contributed by atoms with E-state index in [4.69, 9.17) is 14.6 Å². The molecule has 1 heterocycles. The number of nitrogens with zero attached hydrogens (tertiary/aromatic N) is 1. The number of amides is 1. The first-order valence-corrected chi connectivity index (χ1v) is 10.5. The Kier molecular flexibility index (Phi) is 6.05. The number of hydrogen-bond acceptors (Lipinski definition) is 4. The van der Waals surface area contributed by atoms with Crippen molar-refractivity contribution in [1.82, 2.24) is 4.90 Å². The highest BCUT2D eigenvalue weighted by Gasteiger charge is 2.48. The zero-order valence-corrected chi connectivity index (χ0v) is 18.2. The predicted octanol–water partition coefficient (Wildman–Crippen LogP) is 4.41. The number of ether oxygens (including phenoxy) is 2. The van der Waals surface area contributed by atoms with E-state index in [9.17, 15) is 9.59 Å². The first-order valence-electron chi connectivity index (χ1n) is 9.68. The zero-order valence-electron chi connectivity index (χ0n) is 16.6. The summed E-state index contributed by atoms with van der Waals surface area (Å²) in [6.45, 7) is 6.58. The molecule has 1 saturated carbocycles. The number of fused-ring (bicyclic) bond motifs is 1. The predicted molar refractivity (Wildman–Crippen MR) is 108 cm³/mol. The normalized spacial score (nSPS) is 27.4. The third-order valence-corrected chi connectivity index (χ3v) is 6.11. The van der Waals surface area contributed by atoms with E-state index in [1.807, 2.05) is 45.0 Å². The van der Waals surface area contributed by atoms with Gasteiger partial charge in [-0.25, -0.2) is 9.59 Å². The average Bonchev–Trinajstić information content (AvgIpc) is 3.02. The molecule has 1 aromatic rings. The van der Waals surface area contributed by atoms with Crippen LogP contribution in [0.4, 0.5) is 4.79 Å². The lowest BCUT2D eigenvalue weighted by molar-refractivity contribution is -0.156. The van der Waals surface area contributed by atoms with Gasteiger partial charge in [0.05, 0.1) is 5.60 Å². The zero-order chi connectivity index (χ0) is 20.5. The van der Waals surface area contributed by atoms with Gasteiger partial charge in [0.15, 0.2) is 0 Å². The summed E-state index contributed by atoms with van der Waals surface area (Å²) in [5.74, 6) is -0.316. The van der Waals surface area contributed by atoms with Crippen molar-refractivity contribution >= 4 is 28.0 Å². The van der Waals surface area contributed by atoms with E-state index >= 15 is 0 Å². The number of rotatable bonds is 4. The smallest absolute Gasteiger partial charge is 0.410 e. The standard InChI is InChI=1S/C21H28BrNO5/c1-20(2,3)28-19(26)23-11-14-8-9-21(10-15(14)12-23,27-13-18(24)25)16-4-6-17(22)7-5-16/h4-7,14-15H,8-13H2,1-3H3,(H,24,25). The fourth-order valence-corrected chi connectivity index (χ4v) is 4.61. The van der Waals surface area contributed by atoms with E-state index in [0.717, 1.165) is 22.9 Å². The van der Waals surface area contributed by atoms with Gasteiger partial charge in [-0.2, -0.15) is 0 Å². The minimum atomic E-state index is -0.972. The lowest BCUT2D eigenvalue weighted by atomic mass is 9.70. The molecule has 0 spiro atoms. The van der Waals surface area contributed by atoms with Crippen molar-refractivity contribution in [1.29, 1.82) is 0 Å². The van der Waals surface area contributed by atoms with Gasteiger partial charge in [0.25, 0.3) is 0 Å². The summed E-state index contributed by atoms with van der Waals surface area (Å²) in [5, 5.41) is 9.16. The molecule has 1 aliphatic heterocycles. The monoisotopic (exact) mass is 453 g/mol. The van der Waals surface area contributed by atoms with Gasteiger partial charge in [-0.1, -0.05) is 28.1 Å². The number of aliphatic carboxylic acids is 1. The highest BCUT2D eigenvalue weighted by atomic mass is 79.9. The number of likely N-dealkylation sites (tertiary alicyclic amines) is 1. The maximum absolute atomic E-state index is 12.5. The molecule has 1 saturated heterocycles. The Morgan fingerprint density at radius 2 is 1.86 bits per heavy atom. The minimum Gasteiger partial charge on any atom is -0.480 e. The molecule has 1 N–H and O–H groups in total. The van der Waals surface area contributed by atoms with Gasteiger partial charge in [0, 0.05) is 17.6 Å². The number of carbonyl (C=O) groups excluding carboxylic acids is 1. The Hall–Kier alpha value is -1.60. The Labute approximate surface area is 174 Å². The molecule has 1 amide bonds. The molecule has 0 radical (unpaired) electrons. The van der Waals surface area contributed by atoms with Crippen LogP contribution in [0.1, 0.15) is 45.6 Å². The van der Waals surface area contributed by atoms with Crippen LogP contribution in [0.25, 0.3) is 0 Å². The highest BCUT2D eigenvalue weighted by molar-refractivity contribution is 9.10. The average molecular weight is 454 g/mol. The molecule has 6 nitrogen and oxygen atoms in total. The first-order chi connectivity index (χ1) is 13.1. The fraction of sp³-hybridized carbons (Fsp3) is 0.619. The summed E-state index contributed by atoms with van der Waals surface area (Å²) in [4.78, 5) is 25.4. The Morgan fingerprint density at radius 1 is 1.21 bits per heavy atom. The van der Waals surface area contributed by atoms with Gasteiger partial charge in [-0.15, -0.1) is 0 Å². The molecule has 3 unspecified atom stereocenters. The summed E-state index contributed by atoms with van der Waals surface area (Å²) < 4.78 is 12.5. The van der Waals surface area contributed by atoms with Crippen molar-refractivity contribution in [2.75, 3.05) is 19.7 Å². The molecule has 28 heavy (non-hydrogen) atoms. The largest absolute Gasteiger partial charge is 0.480 e. The molecule has 0 bridgehead atoms. The molecular formula is C21H28BrNO5.